The second kappa shape index (κ2) is 10.7. The number of hydrogen-bond acceptors (Lipinski definition) is 2. The van der Waals surface area contributed by atoms with Crippen LogP contribution in [-0.2, 0) is 0 Å². The molecule has 92 valence electrons. The zero-order valence-corrected chi connectivity index (χ0v) is 10.6. The maximum atomic E-state index is 5.98. The van der Waals surface area contributed by atoms with Gasteiger partial charge in [0.15, 0.2) is 0 Å². The van der Waals surface area contributed by atoms with Crippen molar-refractivity contribution in [1.82, 2.24) is 0 Å². The molecule has 0 aromatic carbocycles. The zero-order chi connectivity index (χ0) is 12.2. The van der Waals surface area contributed by atoms with E-state index in [0.29, 0.717) is 0 Å². The summed E-state index contributed by atoms with van der Waals surface area (Å²) in [7, 11) is 0. The van der Waals surface area contributed by atoms with Gasteiger partial charge in [0.25, 0.3) is 0 Å². The quantitative estimate of drug-likeness (QED) is 0.620. The maximum absolute atomic E-state index is 5.98. The lowest BCUT2D eigenvalue weighted by Gasteiger charge is -2.18. The van der Waals surface area contributed by atoms with Crippen LogP contribution in [0, 0.1) is 0 Å². The summed E-state index contributed by atoms with van der Waals surface area (Å²) in [5.41, 5.74) is 11.9. The van der Waals surface area contributed by atoms with Crippen molar-refractivity contribution in [2.75, 3.05) is 0 Å². The summed E-state index contributed by atoms with van der Waals surface area (Å²) in [6.45, 7) is 4.14. The fraction of sp³-hybridized carbons (Fsp3) is 0.571. The van der Waals surface area contributed by atoms with Crippen molar-refractivity contribution in [2.45, 2.75) is 51.6 Å². The molecule has 0 saturated heterocycles. The molecule has 0 heterocycles. The van der Waals surface area contributed by atoms with Gasteiger partial charge in [-0.05, 0) is 26.2 Å². The van der Waals surface area contributed by atoms with Crippen LogP contribution >= 0.6 is 0 Å². The lowest BCUT2D eigenvalue weighted by atomic mass is 10.0. The largest absolute Gasteiger partial charge is 0.326 e. The van der Waals surface area contributed by atoms with Gasteiger partial charge >= 0.3 is 0 Å². The van der Waals surface area contributed by atoms with E-state index < -0.39 is 0 Å². The molecule has 0 aliphatic heterocycles. The van der Waals surface area contributed by atoms with Crippen molar-refractivity contribution in [2.24, 2.45) is 11.5 Å². The lowest BCUT2D eigenvalue weighted by molar-refractivity contribution is 0.468. The predicted octanol–water partition coefficient (Wildman–Crippen LogP) is 2.91. The number of hydrogen-bond donors (Lipinski definition) is 2. The Balaban J connectivity index is 3.64. The Morgan fingerprint density at radius 3 is 2.19 bits per heavy atom. The van der Waals surface area contributed by atoms with Crippen LogP contribution in [0.15, 0.2) is 36.5 Å². The van der Waals surface area contributed by atoms with E-state index >= 15 is 0 Å². The molecule has 0 bridgehead atoms. The van der Waals surface area contributed by atoms with E-state index in [9.17, 15) is 0 Å². The summed E-state index contributed by atoms with van der Waals surface area (Å²) in [6.07, 6.45) is 16.3. The first-order valence-electron chi connectivity index (χ1n) is 6.18. The molecule has 0 aliphatic carbocycles. The molecule has 4 N–H and O–H groups in total. The summed E-state index contributed by atoms with van der Waals surface area (Å²) in [5.74, 6) is 0. The predicted molar refractivity (Wildman–Crippen MR) is 73.2 cm³/mol. The lowest BCUT2D eigenvalue weighted by Crippen LogP contribution is -2.41. The highest BCUT2D eigenvalue weighted by Gasteiger charge is 2.10. The highest BCUT2D eigenvalue weighted by atomic mass is 14.8. The minimum Gasteiger partial charge on any atom is -0.326 e. The summed E-state index contributed by atoms with van der Waals surface area (Å²) in [4.78, 5) is 0. The fourth-order valence-corrected chi connectivity index (χ4v) is 1.46. The van der Waals surface area contributed by atoms with E-state index in [0.717, 1.165) is 25.7 Å². The minimum absolute atomic E-state index is 0.129. The van der Waals surface area contributed by atoms with Gasteiger partial charge in [-0.1, -0.05) is 49.8 Å². The van der Waals surface area contributed by atoms with E-state index in [1.807, 2.05) is 31.2 Å². The van der Waals surface area contributed by atoms with Crippen molar-refractivity contribution < 1.29 is 0 Å². The van der Waals surface area contributed by atoms with Crippen LogP contribution in [0.4, 0.5) is 0 Å². The smallest absolute Gasteiger partial charge is 0.0195 e. The first-order valence-corrected chi connectivity index (χ1v) is 6.18. The monoisotopic (exact) mass is 222 g/mol. The molecule has 0 radical (unpaired) electrons. The summed E-state index contributed by atoms with van der Waals surface area (Å²) in [5, 5.41) is 0. The van der Waals surface area contributed by atoms with Crippen LogP contribution in [0.3, 0.4) is 0 Å². The molecule has 0 rings (SSSR count). The Hall–Kier alpha value is -0.860. The Morgan fingerprint density at radius 1 is 0.938 bits per heavy atom. The standard InChI is InChI=1S/C14H26N2/c1-3-5-6-7-8-9-10-12-14(16)13(15)11-4-2/h3,5-9,13-14H,4,10-12,15-16H2,1-2H3. The molecule has 2 heteroatoms. The van der Waals surface area contributed by atoms with Crippen LogP contribution < -0.4 is 11.5 Å². The molecule has 16 heavy (non-hydrogen) atoms. The average molecular weight is 222 g/mol. The number of rotatable bonds is 8. The molecular formula is C14H26N2. The third-order valence-corrected chi connectivity index (χ3v) is 2.50. The topological polar surface area (TPSA) is 52.0 Å². The highest BCUT2D eigenvalue weighted by molar-refractivity contribution is 5.10. The van der Waals surface area contributed by atoms with Crippen LogP contribution in [0.1, 0.15) is 39.5 Å². The second-order valence-corrected chi connectivity index (χ2v) is 4.03. The number of allylic oxidation sites excluding steroid dienone is 6. The average Bonchev–Trinajstić information content (AvgIpc) is 2.28. The van der Waals surface area contributed by atoms with E-state index in [2.05, 4.69) is 19.1 Å². The van der Waals surface area contributed by atoms with E-state index in [4.69, 9.17) is 11.5 Å². The summed E-state index contributed by atoms with van der Waals surface area (Å²) >= 11 is 0. The van der Waals surface area contributed by atoms with Crippen LogP contribution in [0.25, 0.3) is 0 Å². The van der Waals surface area contributed by atoms with Gasteiger partial charge in [0.2, 0.25) is 0 Å². The molecular weight excluding hydrogens is 196 g/mol. The van der Waals surface area contributed by atoms with Gasteiger partial charge < -0.3 is 11.5 Å². The first kappa shape index (κ1) is 15.1. The zero-order valence-electron chi connectivity index (χ0n) is 10.6. The fourth-order valence-electron chi connectivity index (χ4n) is 1.46. The van der Waals surface area contributed by atoms with Gasteiger partial charge in [0.1, 0.15) is 0 Å². The van der Waals surface area contributed by atoms with Gasteiger partial charge in [-0.25, -0.2) is 0 Å². The summed E-state index contributed by atoms with van der Waals surface area (Å²) < 4.78 is 0. The molecule has 2 nitrogen and oxygen atoms in total. The maximum Gasteiger partial charge on any atom is 0.0195 e. The van der Waals surface area contributed by atoms with Crippen LogP contribution in [-0.4, -0.2) is 12.1 Å². The van der Waals surface area contributed by atoms with Crippen LogP contribution in [0.2, 0.25) is 0 Å². The molecule has 0 aromatic rings. The highest BCUT2D eigenvalue weighted by Crippen LogP contribution is 2.04. The van der Waals surface area contributed by atoms with E-state index in [1.165, 1.54) is 0 Å². The molecule has 2 atom stereocenters. The van der Waals surface area contributed by atoms with Gasteiger partial charge in [-0.2, -0.15) is 0 Å². The van der Waals surface area contributed by atoms with Crippen molar-refractivity contribution in [3.8, 4) is 0 Å². The second-order valence-electron chi connectivity index (χ2n) is 4.03. The van der Waals surface area contributed by atoms with Gasteiger partial charge in [-0.3, -0.25) is 0 Å². The van der Waals surface area contributed by atoms with Crippen molar-refractivity contribution in [3.05, 3.63) is 36.5 Å². The van der Waals surface area contributed by atoms with Crippen molar-refractivity contribution in [1.29, 1.82) is 0 Å². The molecule has 2 unspecified atom stereocenters. The minimum atomic E-state index is 0.129. The molecule has 0 saturated carbocycles. The van der Waals surface area contributed by atoms with Gasteiger partial charge in [0.05, 0.1) is 0 Å². The molecule has 0 spiro atoms. The van der Waals surface area contributed by atoms with E-state index in [1.54, 1.807) is 0 Å². The Labute approximate surface area is 100 Å². The number of nitrogens with two attached hydrogens (primary N) is 2. The van der Waals surface area contributed by atoms with Gasteiger partial charge in [0, 0.05) is 12.1 Å². The molecule has 0 amide bonds. The first-order chi connectivity index (χ1) is 7.72. The third kappa shape index (κ3) is 8.45. The Bertz CT molecular complexity index is 229. The van der Waals surface area contributed by atoms with E-state index in [-0.39, 0.29) is 12.1 Å². The molecule has 0 fully saturated rings. The Morgan fingerprint density at radius 2 is 1.56 bits per heavy atom. The molecule has 0 aliphatic rings. The Kier molecular flexibility index (Phi) is 10.1. The molecule has 0 aromatic heterocycles. The summed E-state index contributed by atoms with van der Waals surface area (Å²) in [6, 6.07) is 0.279. The van der Waals surface area contributed by atoms with Crippen molar-refractivity contribution >= 4 is 0 Å². The normalized spacial score (nSPS) is 16.5. The van der Waals surface area contributed by atoms with Crippen LogP contribution in [0.5, 0.6) is 0 Å². The van der Waals surface area contributed by atoms with Gasteiger partial charge in [-0.15, -0.1) is 0 Å². The SMILES string of the molecule is CC=CC=CC=CCCC(N)C(N)CCC. The third-order valence-electron chi connectivity index (χ3n) is 2.50. The van der Waals surface area contributed by atoms with Crippen molar-refractivity contribution in [3.63, 3.8) is 0 Å².